The van der Waals surface area contributed by atoms with Crippen molar-refractivity contribution in [2.45, 2.75) is 17.3 Å². The van der Waals surface area contributed by atoms with E-state index >= 15 is 0 Å². The zero-order chi connectivity index (χ0) is 14.7. The molecule has 1 aromatic heterocycles. The molecule has 1 N–H and O–H groups in total. The lowest BCUT2D eigenvalue weighted by atomic mass is 10.2. The van der Waals surface area contributed by atoms with E-state index in [1.54, 1.807) is 18.6 Å². The molecule has 6 nitrogen and oxygen atoms in total. The molecule has 0 saturated carbocycles. The molecule has 0 aliphatic heterocycles. The quantitative estimate of drug-likeness (QED) is 0.850. The number of methoxy groups -OCH3 is 1. The molecule has 0 saturated heterocycles. The maximum Gasteiger partial charge on any atom is 0.316 e. The number of ether oxygens (including phenoxy) is 1. The van der Waals surface area contributed by atoms with Gasteiger partial charge in [0, 0.05) is 12.6 Å². The topological polar surface area (TPSA) is 77.2 Å². The number of rotatable bonds is 5. The smallest absolute Gasteiger partial charge is 0.316 e. The number of aliphatic carboxylic acids is 1. The van der Waals surface area contributed by atoms with Gasteiger partial charge in [-0.15, -0.1) is 10.2 Å². The van der Waals surface area contributed by atoms with Crippen molar-refractivity contribution in [3.05, 3.63) is 24.3 Å². The molecule has 1 aromatic carbocycles. The Balaban J connectivity index is 2.25. The van der Waals surface area contributed by atoms with Gasteiger partial charge >= 0.3 is 5.97 Å². The Kier molecular flexibility index (Phi) is 4.29. The van der Waals surface area contributed by atoms with Crippen LogP contribution in [0, 0.1) is 0 Å². The molecule has 0 amide bonds. The molecule has 1 heterocycles. The second-order valence-electron chi connectivity index (χ2n) is 4.19. The van der Waals surface area contributed by atoms with Crippen LogP contribution in [0.2, 0.25) is 0 Å². The molecule has 0 radical (unpaired) electrons. The number of carboxylic acids is 1. The van der Waals surface area contributed by atoms with Gasteiger partial charge in [-0.2, -0.15) is 0 Å². The van der Waals surface area contributed by atoms with Crippen molar-refractivity contribution in [1.29, 1.82) is 0 Å². The van der Waals surface area contributed by atoms with E-state index in [0.29, 0.717) is 11.0 Å². The van der Waals surface area contributed by atoms with Gasteiger partial charge < -0.3 is 14.4 Å². The fourth-order valence-electron chi connectivity index (χ4n) is 1.62. The molecule has 1 atom stereocenters. The number of nitrogens with zero attached hydrogens (tertiary/aromatic N) is 3. The maximum absolute atomic E-state index is 10.9. The predicted molar refractivity (Wildman–Crippen MR) is 75.9 cm³/mol. The molecule has 0 fully saturated rings. The van der Waals surface area contributed by atoms with Crippen LogP contribution in [-0.2, 0) is 11.8 Å². The van der Waals surface area contributed by atoms with Crippen LogP contribution in [-0.4, -0.2) is 38.2 Å². The Morgan fingerprint density at radius 3 is 2.55 bits per heavy atom. The first-order valence-corrected chi connectivity index (χ1v) is 6.84. The van der Waals surface area contributed by atoms with Crippen LogP contribution in [0.25, 0.3) is 11.4 Å². The highest BCUT2D eigenvalue weighted by Crippen LogP contribution is 2.26. The lowest BCUT2D eigenvalue weighted by Crippen LogP contribution is -2.12. The van der Waals surface area contributed by atoms with E-state index in [1.807, 2.05) is 31.3 Å². The molecule has 0 unspecified atom stereocenters. The minimum atomic E-state index is -0.871. The van der Waals surface area contributed by atoms with Crippen molar-refractivity contribution >= 4 is 17.7 Å². The summed E-state index contributed by atoms with van der Waals surface area (Å²) >= 11 is 1.17. The second-order valence-corrected chi connectivity index (χ2v) is 5.50. The highest BCUT2D eigenvalue weighted by atomic mass is 32.2. The molecule has 0 aliphatic rings. The van der Waals surface area contributed by atoms with Gasteiger partial charge in [0.05, 0.1) is 7.11 Å². The number of hydrogen-bond donors (Lipinski definition) is 1. The molecule has 0 bridgehead atoms. The van der Waals surface area contributed by atoms with Crippen LogP contribution in [0.5, 0.6) is 5.75 Å². The fourth-order valence-corrected chi connectivity index (χ4v) is 2.37. The van der Waals surface area contributed by atoms with Crippen LogP contribution in [0.4, 0.5) is 0 Å². The van der Waals surface area contributed by atoms with Gasteiger partial charge in [-0.05, 0) is 31.2 Å². The Morgan fingerprint density at radius 2 is 2.00 bits per heavy atom. The van der Waals surface area contributed by atoms with Gasteiger partial charge in [0.2, 0.25) is 0 Å². The SMILES string of the molecule is COc1ccc(-c2nnc(S[C@@H](C)C(=O)O)n2C)cc1. The van der Waals surface area contributed by atoms with Gasteiger partial charge in [-0.1, -0.05) is 11.8 Å². The van der Waals surface area contributed by atoms with Crippen molar-refractivity contribution in [2.24, 2.45) is 7.05 Å². The van der Waals surface area contributed by atoms with E-state index in [0.717, 1.165) is 11.3 Å². The number of hydrogen-bond acceptors (Lipinski definition) is 5. The Labute approximate surface area is 120 Å². The number of aromatic nitrogens is 3. The third-order valence-electron chi connectivity index (χ3n) is 2.81. The number of benzene rings is 1. The van der Waals surface area contributed by atoms with Gasteiger partial charge in [-0.25, -0.2) is 0 Å². The Morgan fingerprint density at radius 1 is 1.35 bits per heavy atom. The Bertz CT molecular complexity index is 610. The van der Waals surface area contributed by atoms with E-state index in [4.69, 9.17) is 9.84 Å². The summed E-state index contributed by atoms with van der Waals surface area (Å²) in [6, 6.07) is 7.46. The monoisotopic (exact) mass is 293 g/mol. The average molecular weight is 293 g/mol. The maximum atomic E-state index is 10.9. The summed E-state index contributed by atoms with van der Waals surface area (Å²) in [6.45, 7) is 1.62. The summed E-state index contributed by atoms with van der Waals surface area (Å²) in [7, 11) is 3.43. The van der Waals surface area contributed by atoms with Crippen molar-refractivity contribution < 1.29 is 14.6 Å². The van der Waals surface area contributed by atoms with Gasteiger partial charge in [0.25, 0.3) is 0 Å². The van der Waals surface area contributed by atoms with Crippen molar-refractivity contribution in [1.82, 2.24) is 14.8 Å². The van der Waals surface area contributed by atoms with Crippen LogP contribution in [0.15, 0.2) is 29.4 Å². The molecule has 0 aliphatic carbocycles. The Hall–Kier alpha value is -2.02. The van der Waals surface area contributed by atoms with E-state index in [9.17, 15) is 4.79 Å². The molecule has 2 aromatic rings. The van der Waals surface area contributed by atoms with Crippen molar-refractivity contribution in [3.8, 4) is 17.1 Å². The molecule has 20 heavy (non-hydrogen) atoms. The first kappa shape index (κ1) is 14.4. The summed E-state index contributed by atoms with van der Waals surface area (Å²) in [5, 5.41) is 17.1. The van der Waals surface area contributed by atoms with Crippen LogP contribution in [0.1, 0.15) is 6.92 Å². The largest absolute Gasteiger partial charge is 0.497 e. The highest BCUT2D eigenvalue weighted by Gasteiger charge is 2.18. The molecule has 7 heteroatoms. The third kappa shape index (κ3) is 2.93. The van der Waals surface area contributed by atoms with Crippen molar-refractivity contribution in [3.63, 3.8) is 0 Å². The first-order valence-electron chi connectivity index (χ1n) is 5.96. The number of thioether (sulfide) groups is 1. The summed E-state index contributed by atoms with van der Waals surface area (Å²) in [4.78, 5) is 10.9. The highest BCUT2D eigenvalue weighted by molar-refractivity contribution is 8.00. The summed E-state index contributed by atoms with van der Waals surface area (Å²) in [6.07, 6.45) is 0. The zero-order valence-corrected chi connectivity index (χ0v) is 12.2. The lowest BCUT2D eigenvalue weighted by Gasteiger charge is -2.06. The summed E-state index contributed by atoms with van der Waals surface area (Å²) < 4.78 is 6.89. The average Bonchev–Trinajstić information content (AvgIpc) is 2.80. The van der Waals surface area contributed by atoms with Crippen LogP contribution < -0.4 is 4.74 Å². The van der Waals surface area contributed by atoms with E-state index < -0.39 is 11.2 Å². The zero-order valence-electron chi connectivity index (χ0n) is 11.4. The summed E-state index contributed by atoms with van der Waals surface area (Å²) in [5.41, 5.74) is 0.899. The predicted octanol–water partition coefficient (Wildman–Crippen LogP) is 2.06. The number of carboxylic acid groups (broad SMARTS) is 1. The van der Waals surface area contributed by atoms with Crippen molar-refractivity contribution in [2.75, 3.05) is 7.11 Å². The fraction of sp³-hybridized carbons (Fsp3) is 0.308. The van der Waals surface area contributed by atoms with E-state index in [-0.39, 0.29) is 0 Å². The normalized spacial score (nSPS) is 12.2. The second kappa shape index (κ2) is 5.96. The van der Waals surface area contributed by atoms with Gasteiger partial charge in [-0.3, -0.25) is 4.79 Å². The van der Waals surface area contributed by atoms with Crippen LogP contribution in [0.3, 0.4) is 0 Å². The van der Waals surface area contributed by atoms with Gasteiger partial charge in [0.1, 0.15) is 11.0 Å². The molecule has 0 spiro atoms. The third-order valence-corrected chi connectivity index (χ3v) is 3.93. The molecular formula is C13H15N3O3S. The van der Waals surface area contributed by atoms with Gasteiger partial charge in [0.15, 0.2) is 11.0 Å². The summed E-state index contributed by atoms with van der Waals surface area (Å²) in [5.74, 6) is 0.585. The van der Waals surface area contributed by atoms with E-state index in [2.05, 4.69) is 10.2 Å². The first-order chi connectivity index (χ1) is 9.52. The number of carbonyl (C=O) groups is 1. The standard InChI is InChI=1S/C13H15N3O3S/c1-8(12(17)18)20-13-15-14-11(16(13)2)9-4-6-10(19-3)7-5-9/h4-8H,1-3H3,(H,17,18)/t8-/m0/s1. The molecule has 106 valence electrons. The van der Waals surface area contributed by atoms with E-state index in [1.165, 1.54) is 11.8 Å². The molecular weight excluding hydrogens is 278 g/mol. The van der Waals surface area contributed by atoms with Crippen LogP contribution >= 0.6 is 11.8 Å². The minimum Gasteiger partial charge on any atom is -0.497 e. The lowest BCUT2D eigenvalue weighted by molar-refractivity contribution is -0.136. The molecule has 2 rings (SSSR count). The minimum absolute atomic E-state index is 0.568.